The van der Waals surface area contributed by atoms with E-state index in [0.717, 1.165) is 38.8 Å². The molecule has 0 spiro atoms. The SMILES string of the molecule is Cc1ccc(OCc2ccc(C(=O)N3CCC(O)CC3)cc2C)c(-c2csc(N3CCC(C(=O)O)CC3)n2)c1. The highest BCUT2D eigenvalue weighted by atomic mass is 32.1. The Morgan fingerprint density at radius 1 is 1.03 bits per heavy atom. The maximum atomic E-state index is 12.9. The normalized spacial score (nSPS) is 16.9. The highest BCUT2D eigenvalue weighted by molar-refractivity contribution is 7.14. The van der Waals surface area contributed by atoms with Gasteiger partial charge in [0, 0.05) is 42.7 Å². The molecular formula is C30H35N3O5S. The Kier molecular flexibility index (Phi) is 8.18. The Labute approximate surface area is 232 Å². The highest BCUT2D eigenvalue weighted by Crippen LogP contribution is 2.36. The quantitative estimate of drug-likeness (QED) is 0.432. The number of carbonyl (C=O) groups excluding carboxylic acids is 1. The Morgan fingerprint density at radius 2 is 1.77 bits per heavy atom. The summed E-state index contributed by atoms with van der Waals surface area (Å²) in [5, 5.41) is 22.0. The van der Waals surface area contributed by atoms with Crippen LogP contribution in [0, 0.1) is 19.8 Å². The van der Waals surface area contributed by atoms with Crippen LogP contribution in [-0.4, -0.2) is 64.3 Å². The van der Waals surface area contributed by atoms with E-state index < -0.39 is 5.97 Å². The number of hydrogen-bond acceptors (Lipinski definition) is 7. The first-order valence-electron chi connectivity index (χ1n) is 13.5. The first-order valence-corrected chi connectivity index (χ1v) is 14.4. The zero-order valence-corrected chi connectivity index (χ0v) is 23.2. The van der Waals surface area contributed by atoms with Gasteiger partial charge in [0.25, 0.3) is 5.91 Å². The van der Waals surface area contributed by atoms with Crippen molar-refractivity contribution in [2.75, 3.05) is 31.1 Å². The minimum absolute atomic E-state index is 0.00446. The second kappa shape index (κ2) is 11.8. The summed E-state index contributed by atoms with van der Waals surface area (Å²) in [7, 11) is 0. The number of aryl methyl sites for hydroxylation is 2. The third kappa shape index (κ3) is 6.25. The van der Waals surface area contributed by atoms with Crippen LogP contribution in [0.5, 0.6) is 5.75 Å². The van der Waals surface area contributed by atoms with Crippen molar-refractivity contribution in [1.82, 2.24) is 9.88 Å². The van der Waals surface area contributed by atoms with Gasteiger partial charge in [-0.15, -0.1) is 11.3 Å². The third-order valence-corrected chi connectivity index (χ3v) is 8.64. The zero-order valence-electron chi connectivity index (χ0n) is 22.4. The predicted octanol–water partition coefficient (Wildman–Crippen LogP) is 4.90. The van der Waals surface area contributed by atoms with Gasteiger partial charge in [-0.3, -0.25) is 9.59 Å². The molecule has 1 aromatic heterocycles. The Morgan fingerprint density at radius 3 is 2.46 bits per heavy atom. The lowest BCUT2D eigenvalue weighted by molar-refractivity contribution is -0.142. The summed E-state index contributed by atoms with van der Waals surface area (Å²) >= 11 is 1.57. The standard InChI is InChI=1S/C30H35N3O5S/c1-19-3-6-27(25(15-19)26-18-39-30(31-26)33-11-7-21(8-12-33)29(36)37)38-17-23-5-4-22(16-20(23)2)28(35)32-13-9-24(34)10-14-32/h3-6,15-16,18,21,24,34H,7-14,17H2,1-2H3,(H,36,37). The molecule has 206 valence electrons. The number of amides is 1. The number of aromatic nitrogens is 1. The van der Waals surface area contributed by atoms with E-state index in [9.17, 15) is 19.8 Å². The lowest BCUT2D eigenvalue weighted by Gasteiger charge is -2.29. The summed E-state index contributed by atoms with van der Waals surface area (Å²) in [5.41, 5.74) is 5.54. The molecule has 0 radical (unpaired) electrons. The molecule has 2 aromatic carbocycles. The van der Waals surface area contributed by atoms with Gasteiger partial charge in [-0.2, -0.15) is 0 Å². The third-order valence-electron chi connectivity index (χ3n) is 7.74. The molecule has 0 bridgehead atoms. The van der Waals surface area contributed by atoms with Crippen LogP contribution in [-0.2, 0) is 11.4 Å². The van der Waals surface area contributed by atoms with Crippen molar-refractivity contribution in [3.05, 3.63) is 64.0 Å². The number of ether oxygens (including phenoxy) is 1. The van der Waals surface area contributed by atoms with Crippen LogP contribution in [0.25, 0.3) is 11.3 Å². The molecule has 8 nitrogen and oxygen atoms in total. The van der Waals surface area contributed by atoms with E-state index in [1.165, 1.54) is 0 Å². The summed E-state index contributed by atoms with van der Waals surface area (Å²) < 4.78 is 6.30. The predicted molar refractivity (Wildman–Crippen MR) is 152 cm³/mol. The van der Waals surface area contributed by atoms with E-state index in [1.54, 1.807) is 11.3 Å². The number of benzene rings is 2. The number of carbonyl (C=O) groups is 2. The van der Waals surface area contributed by atoms with Crippen molar-refractivity contribution in [3.8, 4) is 17.0 Å². The van der Waals surface area contributed by atoms with Crippen molar-refractivity contribution in [3.63, 3.8) is 0 Å². The van der Waals surface area contributed by atoms with Gasteiger partial charge in [0.15, 0.2) is 5.13 Å². The molecule has 2 N–H and O–H groups in total. The number of carboxylic acid groups (broad SMARTS) is 1. The number of aliphatic hydroxyl groups is 1. The maximum absolute atomic E-state index is 12.9. The fourth-order valence-corrected chi connectivity index (χ4v) is 6.10. The first-order chi connectivity index (χ1) is 18.8. The average Bonchev–Trinajstić information content (AvgIpc) is 3.43. The molecular weight excluding hydrogens is 514 g/mol. The Bertz CT molecular complexity index is 1340. The minimum Gasteiger partial charge on any atom is -0.488 e. The van der Waals surface area contributed by atoms with Crippen LogP contribution in [0.4, 0.5) is 5.13 Å². The van der Waals surface area contributed by atoms with E-state index in [2.05, 4.69) is 11.0 Å². The van der Waals surface area contributed by atoms with Gasteiger partial charge in [0.05, 0.1) is 17.7 Å². The van der Waals surface area contributed by atoms with Gasteiger partial charge < -0.3 is 24.7 Å². The summed E-state index contributed by atoms with van der Waals surface area (Å²) in [5.74, 6) is -0.236. The van der Waals surface area contributed by atoms with E-state index >= 15 is 0 Å². The zero-order chi connectivity index (χ0) is 27.5. The smallest absolute Gasteiger partial charge is 0.306 e. The summed E-state index contributed by atoms with van der Waals surface area (Å²) in [6.07, 6.45) is 2.20. The molecule has 9 heteroatoms. The number of hydrogen-bond donors (Lipinski definition) is 2. The van der Waals surface area contributed by atoms with E-state index in [4.69, 9.17) is 9.72 Å². The number of piperidine rings is 2. The van der Waals surface area contributed by atoms with Gasteiger partial charge in [-0.1, -0.05) is 17.7 Å². The lowest BCUT2D eigenvalue weighted by Crippen LogP contribution is -2.40. The van der Waals surface area contributed by atoms with Crippen LogP contribution in [0.15, 0.2) is 41.8 Å². The molecule has 39 heavy (non-hydrogen) atoms. The van der Waals surface area contributed by atoms with Crippen molar-refractivity contribution in [1.29, 1.82) is 0 Å². The van der Waals surface area contributed by atoms with E-state index in [-0.39, 0.29) is 17.9 Å². The summed E-state index contributed by atoms with van der Waals surface area (Å²) in [4.78, 5) is 33.1. The van der Waals surface area contributed by atoms with Gasteiger partial charge >= 0.3 is 5.97 Å². The lowest BCUT2D eigenvalue weighted by atomic mass is 9.97. The monoisotopic (exact) mass is 549 g/mol. The molecule has 0 unspecified atom stereocenters. The molecule has 2 fully saturated rings. The van der Waals surface area contributed by atoms with Gasteiger partial charge in [0.2, 0.25) is 0 Å². The molecule has 0 aliphatic carbocycles. The Hall–Kier alpha value is -3.43. The number of nitrogens with zero attached hydrogens (tertiary/aromatic N) is 3. The molecule has 0 atom stereocenters. The molecule has 2 aliphatic heterocycles. The molecule has 2 saturated heterocycles. The van der Waals surface area contributed by atoms with Crippen molar-refractivity contribution in [2.24, 2.45) is 5.92 Å². The number of anilines is 1. The molecule has 2 aliphatic rings. The van der Waals surface area contributed by atoms with Crippen LogP contribution in [0.3, 0.4) is 0 Å². The van der Waals surface area contributed by atoms with Crippen molar-refractivity contribution in [2.45, 2.75) is 52.2 Å². The number of aliphatic carboxylic acids is 1. The van der Waals surface area contributed by atoms with Crippen molar-refractivity contribution >= 4 is 28.3 Å². The topological polar surface area (TPSA) is 103 Å². The molecule has 3 heterocycles. The largest absolute Gasteiger partial charge is 0.488 e. The summed E-state index contributed by atoms with van der Waals surface area (Å²) in [6, 6.07) is 11.8. The number of rotatable bonds is 7. The fraction of sp³-hybridized carbons (Fsp3) is 0.433. The van der Waals surface area contributed by atoms with Gasteiger partial charge in [-0.25, -0.2) is 4.98 Å². The second-order valence-electron chi connectivity index (χ2n) is 10.6. The number of carboxylic acids is 1. The second-order valence-corrected chi connectivity index (χ2v) is 11.4. The van der Waals surface area contributed by atoms with Gasteiger partial charge in [-0.05, 0) is 74.9 Å². The summed E-state index contributed by atoms with van der Waals surface area (Å²) in [6.45, 7) is 6.95. The number of likely N-dealkylation sites (tertiary alicyclic amines) is 1. The Balaban J connectivity index is 1.27. The van der Waals surface area contributed by atoms with Crippen LogP contribution in [0.1, 0.15) is 52.7 Å². The van der Waals surface area contributed by atoms with Crippen LogP contribution in [0.2, 0.25) is 0 Å². The molecule has 5 rings (SSSR count). The van der Waals surface area contributed by atoms with Crippen LogP contribution >= 0.6 is 11.3 Å². The average molecular weight is 550 g/mol. The van der Waals surface area contributed by atoms with Crippen LogP contribution < -0.4 is 9.64 Å². The maximum Gasteiger partial charge on any atom is 0.306 e. The van der Waals surface area contributed by atoms with E-state index in [1.807, 2.05) is 54.5 Å². The number of thiazole rings is 1. The number of aliphatic hydroxyl groups excluding tert-OH is 1. The highest BCUT2D eigenvalue weighted by Gasteiger charge is 2.26. The minimum atomic E-state index is -0.713. The van der Waals surface area contributed by atoms with E-state index in [0.29, 0.717) is 64.0 Å². The molecule has 0 saturated carbocycles. The first kappa shape index (κ1) is 27.1. The fourth-order valence-electron chi connectivity index (χ4n) is 5.22. The molecule has 3 aromatic rings. The van der Waals surface area contributed by atoms with Crippen molar-refractivity contribution < 1.29 is 24.5 Å². The molecule has 1 amide bonds. The van der Waals surface area contributed by atoms with Gasteiger partial charge in [0.1, 0.15) is 12.4 Å².